The summed E-state index contributed by atoms with van der Waals surface area (Å²) in [5.41, 5.74) is 4.43. The van der Waals surface area contributed by atoms with E-state index in [1.165, 1.54) is 18.2 Å². The zero-order valence-electron chi connectivity index (χ0n) is 20.3. The third-order valence-electron chi connectivity index (χ3n) is 6.08. The average molecular weight is 476 g/mol. The van der Waals surface area contributed by atoms with Gasteiger partial charge in [-0.3, -0.25) is 10.1 Å². The first-order valence-corrected chi connectivity index (χ1v) is 11.8. The molecule has 4 rings (SSSR count). The second kappa shape index (κ2) is 10.3. The molecule has 0 saturated carbocycles. The van der Waals surface area contributed by atoms with Crippen molar-refractivity contribution in [1.82, 2.24) is 0 Å². The second-order valence-corrected chi connectivity index (χ2v) is 9.96. The Balaban J connectivity index is 1.37. The summed E-state index contributed by atoms with van der Waals surface area (Å²) in [5, 5.41) is 2.43. The molecule has 0 atom stereocenters. The lowest BCUT2D eigenvalue weighted by atomic mass is 9.90. The van der Waals surface area contributed by atoms with Crippen molar-refractivity contribution in [3.8, 4) is 16.9 Å². The van der Waals surface area contributed by atoms with E-state index in [1.54, 1.807) is 0 Å². The van der Waals surface area contributed by atoms with E-state index in [9.17, 15) is 14.0 Å². The standard InChI is InChI=1S/C29H30FNO4/c1-29(2,3)17-9-16-26(32)35-25-15-8-14-24(27(25)30)31-28(33)34-18-23-21-12-6-4-10-19(21)20-11-5-7-13-22(20)23/h4-8,10-15,23H,9,16-18H2,1-3H3,(H,31,33). The van der Waals surface area contributed by atoms with Crippen molar-refractivity contribution in [1.29, 1.82) is 0 Å². The molecule has 3 aromatic carbocycles. The van der Waals surface area contributed by atoms with Gasteiger partial charge in [0.1, 0.15) is 6.61 Å². The highest BCUT2D eigenvalue weighted by Crippen LogP contribution is 2.44. The van der Waals surface area contributed by atoms with Crippen molar-refractivity contribution < 1.29 is 23.5 Å². The van der Waals surface area contributed by atoms with Crippen LogP contribution in [0.25, 0.3) is 11.1 Å². The van der Waals surface area contributed by atoms with Gasteiger partial charge in [0.05, 0.1) is 5.69 Å². The molecule has 0 aromatic heterocycles. The normalized spacial score (nSPS) is 12.6. The van der Waals surface area contributed by atoms with Gasteiger partial charge < -0.3 is 9.47 Å². The number of hydrogen-bond donors (Lipinski definition) is 1. The summed E-state index contributed by atoms with van der Waals surface area (Å²) < 4.78 is 25.6. The molecule has 0 radical (unpaired) electrons. The van der Waals surface area contributed by atoms with Gasteiger partial charge in [-0.15, -0.1) is 0 Å². The molecule has 35 heavy (non-hydrogen) atoms. The maximum atomic E-state index is 14.9. The molecule has 3 aromatic rings. The monoisotopic (exact) mass is 475 g/mol. The average Bonchev–Trinajstić information content (AvgIpc) is 3.13. The largest absolute Gasteiger partial charge is 0.448 e. The molecule has 0 heterocycles. The van der Waals surface area contributed by atoms with E-state index in [0.29, 0.717) is 6.42 Å². The van der Waals surface area contributed by atoms with Crippen LogP contribution < -0.4 is 10.1 Å². The molecule has 0 saturated heterocycles. The summed E-state index contributed by atoms with van der Waals surface area (Å²) in [7, 11) is 0. The molecule has 0 bridgehead atoms. The van der Waals surface area contributed by atoms with Crippen LogP contribution in [0.4, 0.5) is 14.9 Å². The SMILES string of the molecule is CC(C)(C)CCCC(=O)Oc1cccc(NC(=O)OCC2c3ccccc3-c3ccccc32)c1F. The predicted octanol–water partition coefficient (Wildman–Crippen LogP) is 7.31. The molecule has 182 valence electrons. The molecule has 0 unspecified atom stereocenters. The number of amides is 1. The van der Waals surface area contributed by atoms with Crippen LogP contribution in [0.15, 0.2) is 66.7 Å². The number of hydrogen-bond acceptors (Lipinski definition) is 4. The first kappa shape index (κ1) is 24.5. The smallest absolute Gasteiger partial charge is 0.411 e. The molecular weight excluding hydrogens is 445 g/mol. The summed E-state index contributed by atoms with van der Waals surface area (Å²) in [6.45, 7) is 6.40. The molecule has 1 aliphatic carbocycles. The van der Waals surface area contributed by atoms with Crippen molar-refractivity contribution in [3.05, 3.63) is 83.7 Å². The number of rotatable bonds is 7. The fourth-order valence-electron chi connectivity index (χ4n) is 4.37. The number of esters is 1. The van der Waals surface area contributed by atoms with Crippen molar-refractivity contribution in [2.75, 3.05) is 11.9 Å². The highest BCUT2D eigenvalue weighted by atomic mass is 19.1. The minimum absolute atomic E-state index is 0.0987. The van der Waals surface area contributed by atoms with Gasteiger partial charge in [-0.1, -0.05) is 75.4 Å². The van der Waals surface area contributed by atoms with Crippen LogP contribution in [-0.2, 0) is 9.53 Å². The summed E-state index contributed by atoms with van der Waals surface area (Å²) in [6.07, 6.45) is 0.926. The number of carbonyl (C=O) groups excluding carboxylic acids is 2. The molecule has 1 aliphatic rings. The second-order valence-electron chi connectivity index (χ2n) is 9.96. The fourth-order valence-corrected chi connectivity index (χ4v) is 4.37. The van der Waals surface area contributed by atoms with Gasteiger partial charge in [0.2, 0.25) is 0 Å². The van der Waals surface area contributed by atoms with Gasteiger partial charge in [0.15, 0.2) is 11.6 Å². The Morgan fingerprint density at radius 2 is 1.54 bits per heavy atom. The van der Waals surface area contributed by atoms with E-state index < -0.39 is 17.9 Å². The maximum absolute atomic E-state index is 14.9. The number of benzene rings is 3. The fraction of sp³-hybridized carbons (Fsp3) is 0.310. The van der Waals surface area contributed by atoms with Gasteiger partial charge in [0, 0.05) is 12.3 Å². The first-order chi connectivity index (χ1) is 16.7. The van der Waals surface area contributed by atoms with Gasteiger partial charge in [0.25, 0.3) is 0 Å². The van der Waals surface area contributed by atoms with Gasteiger partial charge in [-0.25, -0.2) is 9.18 Å². The number of ether oxygens (including phenoxy) is 2. The first-order valence-electron chi connectivity index (χ1n) is 11.8. The van der Waals surface area contributed by atoms with E-state index in [2.05, 4.69) is 38.2 Å². The van der Waals surface area contributed by atoms with Crippen LogP contribution >= 0.6 is 0 Å². The Hall–Kier alpha value is -3.67. The number of carbonyl (C=O) groups is 2. The highest BCUT2D eigenvalue weighted by Gasteiger charge is 2.29. The number of anilines is 1. The molecule has 0 spiro atoms. The third-order valence-corrected chi connectivity index (χ3v) is 6.08. The summed E-state index contributed by atoms with van der Waals surface area (Å²) in [5.74, 6) is -1.64. The van der Waals surface area contributed by atoms with E-state index in [1.807, 2.05) is 36.4 Å². The number of fused-ring (bicyclic) bond motifs is 3. The van der Waals surface area contributed by atoms with Crippen LogP contribution in [0.2, 0.25) is 0 Å². The zero-order valence-corrected chi connectivity index (χ0v) is 20.3. The zero-order chi connectivity index (χ0) is 25.0. The van der Waals surface area contributed by atoms with E-state index in [4.69, 9.17) is 9.47 Å². The molecule has 5 nitrogen and oxygen atoms in total. The Morgan fingerprint density at radius 3 is 2.17 bits per heavy atom. The Labute approximate surface area is 205 Å². The third kappa shape index (κ3) is 5.88. The Morgan fingerprint density at radius 1 is 0.914 bits per heavy atom. The van der Waals surface area contributed by atoms with Crippen LogP contribution in [0.5, 0.6) is 5.75 Å². The number of nitrogens with one attached hydrogen (secondary N) is 1. The van der Waals surface area contributed by atoms with Gasteiger partial charge in [-0.05, 0) is 52.6 Å². The van der Waals surface area contributed by atoms with Crippen LogP contribution in [-0.4, -0.2) is 18.7 Å². The molecule has 1 N–H and O–H groups in total. The van der Waals surface area contributed by atoms with Crippen molar-refractivity contribution >= 4 is 17.7 Å². The van der Waals surface area contributed by atoms with Gasteiger partial charge in [-0.2, -0.15) is 0 Å². The summed E-state index contributed by atoms with van der Waals surface area (Å²) in [4.78, 5) is 24.6. The van der Waals surface area contributed by atoms with Gasteiger partial charge >= 0.3 is 12.1 Å². The minimum atomic E-state index is -0.815. The lowest BCUT2D eigenvalue weighted by molar-refractivity contribution is -0.134. The van der Waals surface area contributed by atoms with Crippen molar-refractivity contribution in [2.45, 2.75) is 46.0 Å². The maximum Gasteiger partial charge on any atom is 0.411 e. The van der Waals surface area contributed by atoms with Crippen LogP contribution in [0, 0.1) is 11.2 Å². The van der Waals surface area contributed by atoms with Crippen molar-refractivity contribution in [2.24, 2.45) is 5.41 Å². The van der Waals surface area contributed by atoms with Crippen molar-refractivity contribution in [3.63, 3.8) is 0 Å². The summed E-state index contributed by atoms with van der Waals surface area (Å²) >= 11 is 0. The molecule has 6 heteroatoms. The topological polar surface area (TPSA) is 64.6 Å². The predicted molar refractivity (Wildman–Crippen MR) is 134 cm³/mol. The molecule has 0 fully saturated rings. The quantitative estimate of drug-likeness (QED) is 0.287. The van der Waals surface area contributed by atoms with E-state index in [-0.39, 0.29) is 35.8 Å². The molecule has 1 amide bonds. The highest BCUT2D eigenvalue weighted by molar-refractivity contribution is 5.86. The molecule has 0 aliphatic heterocycles. The van der Waals surface area contributed by atoms with Crippen LogP contribution in [0.3, 0.4) is 0 Å². The molecular formula is C29H30FNO4. The van der Waals surface area contributed by atoms with Crippen LogP contribution in [0.1, 0.15) is 57.1 Å². The summed E-state index contributed by atoms with van der Waals surface area (Å²) in [6, 6.07) is 20.3. The van der Waals surface area contributed by atoms with E-state index in [0.717, 1.165) is 28.7 Å². The Bertz CT molecular complexity index is 1190. The van der Waals surface area contributed by atoms with E-state index >= 15 is 0 Å². The Kier molecular flexibility index (Phi) is 7.20. The lowest BCUT2D eigenvalue weighted by Crippen LogP contribution is -2.19. The number of halogens is 1. The minimum Gasteiger partial charge on any atom is -0.448 e. The lowest BCUT2D eigenvalue weighted by Gasteiger charge is -2.17.